The van der Waals surface area contributed by atoms with E-state index < -0.39 is 11.2 Å². The number of carbonyl (C=O) groups excluding carboxylic acids is 1. The number of anilines is 1. The minimum absolute atomic E-state index is 0.0454. The quantitative estimate of drug-likeness (QED) is 0.307. The average molecular weight is 408 g/mol. The molecule has 0 saturated carbocycles. The Morgan fingerprint density at radius 1 is 1.10 bits per heavy atom. The first kappa shape index (κ1) is 20.5. The standard InChI is InChI=1S/C20H20N6O4/c27-17(10-11-21-18-19(28)23-20(29)26-25-18)24-22-12-15-8-4-5-9-16(15)30-13-14-6-2-1-3-7-14/h1-9,12H,10-11,13H2,(H,21,25)(H,24,27)(H2,23,26,28,29)/b22-12+. The van der Waals surface area contributed by atoms with Gasteiger partial charge in [-0.3, -0.25) is 14.6 Å². The van der Waals surface area contributed by atoms with Crippen LogP contribution in [0.15, 0.2) is 69.3 Å². The van der Waals surface area contributed by atoms with Crippen LogP contribution >= 0.6 is 0 Å². The molecule has 0 aliphatic rings. The van der Waals surface area contributed by atoms with Gasteiger partial charge in [0.2, 0.25) is 11.7 Å². The molecule has 0 fully saturated rings. The molecule has 2 aromatic carbocycles. The average Bonchev–Trinajstić information content (AvgIpc) is 2.75. The predicted molar refractivity (Wildman–Crippen MR) is 112 cm³/mol. The molecule has 10 nitrogen and oxygen atoms in total. The van der Waals surface area contributed by atoms with Crippen molar-refractivity contribution in [3.63, 3.8) is 0 Å². The number of rotatable bonds is 9. The van der Waals surface area contributed by atoms with Crippen molar-refractivity contribution in [3.8, 4) is 5.75 Å². The molecule has 10 heteroatoms. The summed E-state index contributed by atoms with van der Waals surface area (Å²) in [6.07, 6.45) is 1.55. The van der Waals surface area contributed by atoms with Gasteiger partial charge in [0.1, 0.15) is 12.4 Å². The van der Waals surface area contributed by atoms with E-state index in [0.29, 0.717) is 12.4 Å². The zero-order valence-electron chi connectivity index (χ0n) is 15.9. The number of para-hydroxylation sites is 1. The topological polar surface area (TPSA) is 141 Å². The van der Waals surface area contributed by atoms with Gasteiger partial charge < -0.3 is 10.1 Å². The van der Waals surface area contributed by atoms with Crippen molar-refractivity contribution in [2.24, 2.45) is 5.10 Å². The molecule has 4 N–H and O–H groups in total. The minimum Gasteiger partial charge on any atom is -0.488 e. The van der Waals surface area contributed by atoms with Crippen LogP contribution in [0.3, 0.4) is 0 Å². The van der Waals surface area contributed by atoms with Crippen molar-refractivity contribution < 1.29 is 9.53 Å². The number of hydrogen-bond donors (Lipinski definition) is 4. The molecule has 3 rings (SSSR count). The summed E-state index contributed by atoms with van der Waals surface area (Å²) in [6.45, 7) is 0.557. The zero-order valence-corrected chi connectivity index (χ0v) is 15.9. The fourth-order valence-electron chi connectivity index (χ4n) is 2.45. The molecule has 1 heterocycles. The van der Waals surface area contributed by atoms with E-state index >= 15 is 0 Å². The van der Waals surface area contributed by atoms with Crippen LogP contribution in [0.5, 0.6) is 5.75 Å². The van der Waals surface area contributed by atoms with Crippen LogP contribution in [0.4, 0.5) is 5.82 Å². The third kappa shape index (κ3) is 6.16. The van der Waals surface area contributed by atoms with Crippen LogP contribution in [0.25, 0.3) is 0 Å². The van der Waals surface area contributed by atoms with Crippen molar-refractivity contribution in [2.45, 2.75) is 13.0 Å². The van der Waals surface area contributed by atoms with Crippen molar-refractivity contribution in [1.82, 2.24) is 20.6 Å². The lowest BCUT2D eigenvalue weighted by atomic mass is 10.2. The molecule has 0 aliphatic carbocycles. The molecular formula is C20H20N6O4. The number of aromatic amines is 2. The summed E-state index contributed by atoms with van der Waals surface area (Å²) in [5, 5.41) is 12.3. The second-order valence-electron chi connectivity index (χ2n) is 6.14. The van der Waals surface area contributed by atoms with Gasteiger partial charge in [0.25, 0.3) is 5.56 Å². The minimum atomic E-state index is -0.703. The van der Waals surface area contributed by atoms with Crippen molar-refractivity contribution >= 4 is 17.9 Å². The summed E-state index contributed by atoms with van der Waals surface area (Å²) in [5.41, 5.74) is 2.81. The van der Waals surface area contributed by atoms with Gasteiger partial charge in [-0.15, -0.1) is 5.10 Å². The van der Waals surface area contributed by atoms with E-state index in [4.69, 9.17) is 4.74 Å². The van der Waals surface area contributed by atoms with Gasteiger partial charge in [-0.05, 0) is 17.7 Å². The highest BCUT2D eigenvalue weighted by atomic mass is 16.5. The predicted octanol–water partition coefficient (Wildman–Crippen LogP) is 0.990. The molecule has 154 valence electrons. The SMILES string of the molecule is O=C(CCNc1n[nH]c(=O)[nH]c1=O)N/N=C/c1ccccc1OCc1ccccc1. The normalized spacial score (nSPS) is 10.7. The Balaban J connectivity index is 1.48. The number of H-pyrrole nitrogens is 2. The van der Waals surface area contributed by atoms with Gasteiger partial charge in [0, 0.05) is 18.5 Å². The molecule has 0 aliphatic heterocycles. The van der Waals surface area contributed by atoms with E-state index in [-0.39, 0.29) is 24.7 Å². The highest BCUT2D eigenvalue weighted by Crippen LogP contribution is 2.17. The molecule has 30 heavy (non-hydrogen) atoms. The number of nitrogens with one attached hydrogen (secondary N) is 4. The molecular weight excluding hydrogens is 388 g/mol. The van der Waals surface area contributed by atoms with Crippen LogP contribution in [0.2, 0.25) is 0 Å². The van der Waals surface area contributed by atoms with Crippen LogP contribution in [0, 0.1) is 0 Å². The van der Waals surface area contributed by atoms with E-state index in [0.717, 1.165) is 11.1 Å². The van der Waals surface area contributed by atoms with Crippen molar-refractivity contribution in [1.29, 1.82) is 0 Å². The zero-order chi connectivity index (χ0) is 21.2. The molecule has 0 saturated heterocycles. The molecule has 0 atom stereocenters. The fraction of sp³-hybridized carbons (Fsp3) is 0.150. The molecule has 0 bridgehead atoms. The molecule has 1 amide bonds. The molecule has 0 radical (unpaired) electrons. The second kappa shape index (κ2) is 10.4. The number of nitrogens with zero attached hydrogens (tertiary/aromatic N) is 2. The van der Waals surface area contributed by atoms with Crippen LogP contribution in [0.1, 0.15) is 17.5 Å². The molecule has 1 aromatic heterocycles. The Bertz CT molecular complexity index is 1120. The van der Waals surface area contributed by atoms with Gasteiger partial charge in [0.15, 0.2) is 0 Å². The molecule has 0 spiro atoms. The number of carbonyl (C=O) groups is 1. The number of hydrazone groups is 1. The van der Waals surface area contributed by atoms with E-state index in [2.05, 4.69) is 26.0 Å². The Morgan fingerprint density at radius 3 is 2.67 bits per heavy atom. The van der Waals surface area contributed by atoms with E-state index in [1.807, 2.05) is 59.6 Å². The molecule has 3 aromatic rings. The second-order valence-corrected chi connectivity index (χ2v) is 6.14. The van der Waals surface area contributed by atoms with Gasteiger partial charge in [-0.25, -0.2) is 15.3 Å². The van der Waals surface area contributed by atoms with Crippen molar-refractivity contribution in [2.75, 3.05) is 11.9 Å². The third-order valence-corrected chi connectivity index (χ3v) is 3.90. The summed E-state index contributed by atoms with van der Waals surface area (Å²) >= 11 is 0. The monoisotopic (exact) mass is 408 g/mol. The van der Waals surface area contributed by atoms with Crippen LogP contribution in [-0.4, -0.2) is 33.8 Å². The first-order chi connectivity index (χ1) is 14.6. The Kier molecular flexibility index (Phi) is 7.09. The summed E-state index contributed by atoms with van der Waals surface area (Å²) < 4.78 is 5.84. The Hall–Kier alpha value is -4.21. The number of ether oxygens (including phenoxy) is 1. The summed E-state index contributed by atoms with van der Waals surface area (Å²) in [7, 11) is 0. The van der Waals surface area contributed by atoms with Crippen LogP contribution in [-0.2, 0) is 11.4 Å². The van der Waals surface area contributed by atoms with Gasteiger partial charge >= 0.3 is 5.69 Å². The fourth-order valence-corrected chi connectivity index (χ4v) is 2.45. The number of amides is 1. The van der Waals surface area contributed by atoms with E-state index in [9.17, 15) is 14.4 Å². The first-order valence-electron chi connectivity index (χ1n) is 9.12. The summed E-state index contributed by atoms with van der Waals surface area (Å²) in [6, 6.07) is 17.1. The lowest BCUT2D eigenvalue weighted by Gasteiger charge is -2.09. The molecule has 0 unspecified atom stereocenters. The smallest absolute Gasteiger partial charge is 0.342 e. The summed E-state index contributed by atoms with van der Waals surface area (Å²) in [4.78, 5) is 36.3. The summed E-state index contributed by atoms with van der Waals surface area (Å²) in [5.74, 6) is 0.210. The number of hydrogen-bond acceptors (Lipinski definition) is 7. The first-order valence-corrected chi connectivity index (χ1v) is 9.12. The number of benzene rings is 2. The Morgan fingerprint density at radius 2 is 1.87 bits per heavy atom. The third-order valence-electron chi connectivity index (χ3n) is 3.90. The van der Waals surface area contributed by atoms with Gasteiger partial charge in [-0.1, -0.05) is 42.5 Å². The van der Waals surface area contributed by atoms with Gasteiger partial charge in [-0.2, -0.15) is 5.10 Å². The van der Waals surface area contributed by atoms with Crippen molar-refractivity contribution in [3.05, 3.63) is 86.6 Å². The Labute approximate surface area is 171 Å². The highest BCUT2D eigenvalue weighted by Gasteiger charge is 2.05. The van der Waals surface area contributed by atoms with E-state index in [1.54, 1.807) is 0 Å². The van der Waals surface area contributed by atoms with Gasteiger partial charge in [0.05, 0.1) is 6.21 Å². The van der Waals surface area contributed by atoms with Crippen LogP contribution < -0.4 is 26.7 Å². The lowest BCUT2D eigenvalue weighted by molar-refractivity contribution is -0.120. The highest BCUT2D eigenvalue weighted by molar-refractivity contribution is 5.85. The lowest BCUT2D eigenvalue weighted by Crippen LogP contribution is -2.28. The maximum atomic E-state index is 11.9. The maximum absolute atomic E-state index is 11.9. The maximum Gasteiger partial charge on any atom is 0.342 e. The van der Waals surface area contributed by atoms with E-state index in [1.165, 1.54) is 6.21 Å². The largest absolute Gasteiger partial charge is 0.488 e. The number of aromatic nitrogens is 3.